The van der Waals surface area contributed by atoms with Gasteiger partial charge in [-0.25, -0.2) is 8.78 Å². The van der Waals surface area contributed by atoms with Gasteiger partial charge < -0.3 is 10.2 Å². The zero-order valence-electron chi connectivity index (χ0n) is 18.9. The number of carbonyl (C=O) groups excluding carboxylic acids is 2. The quantitative estimate of drug-likeness (QED) is 0.519. The minimum absolute atomic E-state index is 0.238. The van der Waals surface area contributed by atoms with E-state index in [-0.39, 0.29) is 23.3 Å². The molecular formula is C25H28F4N2O2. The van der Waals surface area contributed by atoms with Gasteiger partial charge in [-0.05, 0) is 81.5 Å². The first-order valence-corrected chi connectivity index (χ1v) is 11.1. The molecule has 1 unspecified atom stereocenters. The van der Waals surface area contributed by atoms with Crippen LogP contribution in [0.25, 0.3) is 0 Å². The zero-order chi connectivity index (χ0) is 24.3. The summed E-state index contributed by atoms with van der Waals surface area (Å²) in [4.78, 5) is 26.8. The standard InChI is InChI=1S/C25H28F4N2O2/c1-4-6-19-8-5-7-16(3)31(19)24(33)25(28,29)20-14-17(9-11-22(20)27)23(32)30-18-10-12-21(26)15(2)13-18/h9-14,16,19H,4-8H2,1-3H3,(H,30,32)/t16-,19?/m0/s1. The molecule has 1 heterocycles. The van der Waals surface area contributed by atoms with Gasteiger partial charge in [0.1, 0.15) is 11.6 Å². The fourth-order valence-electron chi connectivity index (χ4n) is 4.38. The van der Waals surface area contributed by atoms with Gasteiger partial charge in [-0.15, -0.1) is 0 Å². The molecule has 2 amide bonds. The third kappa shape index (κ3) is 5.20. The highest BCUT2D eigenvalue weighted by molar-refractivity contribution is 6.04. The number of benzene rings is 2. The second kappa shape index (κ2) is 9.93. The van der Waals surface area contributed by atoms with Gasteiger partial charge in [-0.1, -0.05) is 13.3 Å². The average molecular weight is 465 g/mol. The maximum absolute atomic E-state index is 15.3. The number of aryl methyl sites for hydroxylation is 1. The molecule has 0 radical (unpaired) electrons. The summed E-state index contributed by atoms with van der Waals surface area (Å²) in [7, 11) is 0. The molecule has 1 fully saturated rings. The number of nitrogens with one attached hydrogen (secondary N) is 1. The molecule has 1 aliphatic heterocycles. The smallest absolute Gasteiger partial charge is 0.331 e. The monoisotopic (exact) mass is 464 g/mol. The molecule has 2 aromatic rings. The van der Waals surface area contributed by atoms with Gasteiger partial charge in [0.2, 0.25) is 0 Å². The van der Waals surface area contributed by atoms with Crippen LogP contribution in [0.3, 0.4) is 0 Å². The van der Waals surface area contributed by atoms with Gasteiger partial charge in [-0.2, -0.15) is 8.78 Å². The summed E-state index contributed by atoms with van der Waals surface area (Å²) >= 11 is 0. The fourth-order valence-corrected chi connectivity index (χ4v) is 4.38. The third-order valence-electron chi connectivity index (χ3n) is 6.14. The van der Waals surface area contributed by atoms with Gasteiger partial charge in [0.05, 0.1) is 5.56 Å². The van der Waals surface area contributed by atoms with Gasteiger partial charge in [0, 0.05) is 23.3 Å². The van der Waals surface area contributed by atoms with E-state index in [1.54, 1.807) is 6.92 Å². The molecule has 2 aromatic carbocycles. The molecule has 0 bridgehead atoms. The Morgan fingerprint density at radius 2 is 1.79 bits per heavy atom. The van der Waals surface area contributed by atoms with Crippen LogP contribution < -0.4 is 5.32 Å². The Bertz CT molecular complexity index is 1040. The lowest BCUT2D eigenvalue weighted by atomic mass is 9.91. The van der Waals surface area contributed by atoms with E-state index in [1.165, 1.54) is 30.0 Å². The Morgan fingerprint density at radius 3 is 2.45 bits per heavy atom. The number of halogens is 4. The molecule has 0 aromatic heterocycles. The molecule has 0 saturated carbocycles. The highest BCUT2D eigenvalue weighted by atomic mass is 19.3. The Morgan fingerprint density at radius 1 is 1.09 bits per heavy atom. The van der Waals surface area contributed by atoms with E-state index >= 15 is 8.78 Å². The Kier molecular flexibility index (Phi) is 7.44. The molecule has 0 aliphatic carbocycles. The number of alkyl halides is 2. The Labute approximate surface area is 191 Å². The number of amides is 2. The fraction of sp³-hybridized carbons (Fsp3) is 0.440. The lowest BCUT2D eigenvalue weighted by molar-refractivity contribution is -0.166. The normalized spacial score (nSPS) is 18.8. The van der Waals surface area contributed by atoms with Crippen molar-refractivity contribution in [2.45, 2.75) is 70.9 Å². The lowest BCUT2D eigenvalue weighted by Gasteiger charge is -2.42. The summed E-state index contributed by atoms with van der Waals surface area (Å²) < 4.78 is 58.6. The highest BCUT2D eigenvalue weighted by Gasteiger charge is 2.49. The number of rotatable bonds is 6. The number of nitrogens with zero attached hydrogens (tertiary/aromatic N) is 1. The van der Waals surface area contributed by atoms with Crippen LogP contribution in [0.5, 0.6) is 0 Å². The van der Waals surface area contributed by atoms with Crippen molar-refractivity contribution in [3.8, 4) is 0 Å². The first kappa shape index (κ1) is 24.7. The van der Waals surface area contributed by atoms with Gasteiger partial charge in [-0.3, -0.25) is 9.59 Å². The predicted octanol–water partition coefficient (Wildman–Crippen LogP) is 6.19. The molecular weight excluding hydrogens is 436 g/mol. The Balaban J connectivity index is 1.89. The van der Waals surface area contributed by atoms with Crippen LogP contribution in [0, 0.1) is 18.6 Å². The van der Waals surface area contributed by atoms with Crippen LogP contribution in [0.2, 0.25) is 0 Å². The summed E-state index contributed by atoms with van der Waals surface area (Å²) in [6.07, 6.45) is 3.40. The minimum atomic E-state index is -4.13. The van der Waals surface area contributed by atoms with Crippen molar-refractivity contribution in [2.75, 3.05) is 5.32 Å². The maximum atomic E-state index is 15.3. The second-order valence-electron chi connectivity index (χ2n) is 8.62. The van der Waals surface area contributed by atoms with Crippen molar-refractivity contribution in [1.29, 1.82) is 0 Å². The summed E-state index contributed by atoms with van der Waals surface area (Å²) in [6.45, 7) is 5.16. The van der Waals surface area contributed by atoms with E-state index < -0.39 is 34.9 Å². The molecule has 1 saturated heterocycles. The highest BCUT2D eigenvalue weighted by Crippen LogP contribution is 2.37. The molecule has 1 aliphatic rings. The lowest BCUT2D eigenvalue weighted by Crippen LogP contribution is -2.53. The van der Waals surface area contributed by atoms with E-state index in [0.717, 1.165) is 25.0 Å². The molecule has 1 N–H and O–H groups in total. The number of piperidine rings is 1. The van der Waals surface area contributed by atoms with Gasteiger partial charge >= 0.3 is 5.92 Å². The first-order chi connectivity index (χ1) is 15.6. The van der Waals surface area contributed by atoms with Crippen molar-refractivity contribution in [3.05, 3.63) is 64.7 Å². The molecule has 8 heteroatoms. The second-order valence-corrected chi connectivity index (χ2v) is 8.62. The molecule has 4 nitrogen and oxygen atoms in total. The van der Waals surface area contributed by atoms with E-state index in [2.05, 4.69) is 5.32 Å². The van der Waals surface area contributed by atoms with Crippen LogP contribution in [0.1, 0.15) is 67.4 Å². The molecule has 2 atom stereocenters. The van der Waals surface area contributed by atoms with Crippen molar-refractivity contribution in [1.82, 2.24) is 4.90 Å². The Hall–Kier alpha value is -2.90. The van der Waals surface area contributed by atoms with Crippen LogP contribution in [-0.4, -0.2) is 28.8 Å². The number of hydrogen-bond donors (Lipinski definition) is 1. The molecule has 0 spiro atoms. The minimum Gasteiger partial charge on any atom is -0.331 e. The number of likely N-dealkylation sites (tertiary alicyclic amines) is 1. The summed E-state index contributed by atoms with van der Waals surface area (Å²) in [5, 5.41) is 2.48. The van der Waals surface area contributed by atoms with Crippen LogP contribution >= 0.6 is 0 Å². The summed E-state index contributed by atoms with van der Waals surface area (Å²) in [5.41, 5.74) is -0.819. The van der Waals surface area contributed by atoms with Crippen LogP contribution in [0.4, 0.5) is 23.2 Å². The topological polar surface area (TPSA) is 49.4 Å². The average Bonchev–Trinajstić information content (AvgIpc) is 2.76. The number of anilines is 1. The molecule has 178 valence electrons. The third-order valence-corrected chi connectivity index (χ3v) is 6.14. The van der Waals surface area contributed by atoms with Crippen molar-refractivity contribution >= 4 is 17.5 Å². The molecule has 3 rings (SSSR count). The van der Waals surface area contributed by atoms with Crippen LogP contribution in [-0.2, 0) is 10.7 Å². The SMILES string of the molecule is CCCC1CCC[C@H](C)N1C(=O)C(F)(F)c1cc(C(=O)Nc2ccc(F)c(C)c2)ccc1F. The zero-order valence-corrected chi connectivity index (χ0v) is 18.9. The van der Waals surface area contributed by atoms with Gasteiger partial charge in [0.25, 0.3) is 11.8 Å². The largest absolute Gasteiger partial charge is 0.352 e. The number of carbonyl (C=O) groups is 2. The maximum Gasteiger partial charge on any atom is 0.352 e. The van der Waals surface area contributed by atoms with E-state index in [9.17, 15) is 18.4 Å². The van der Waals surface area contributed by atoms with E-state index in [4.69, 9.17) is 0 Å². The van der Waals surface area contributed by atoms with Crippen molar-refractivity contribution < 1.29 is 27.2 Å². The number of hydrogen-bond acceptors (Lipinski definition) is 2. The summed E-state index contributed by atoms with van der Waals surface area (Å²) in [6, 6.07) is 5.70. The molecule has 33 heavy (non-hydrogen) atoms. The summed E-state index contributed by atoms with van der Waals surface area (Å²) in [5.74, 6) is -8.08. The van der Waals surface area contributed by atoms with Crippen molar-refractivity contribution in [2.24, 2.45) is 0 Å². The van der Waals surface area contributed by atoms with Gasteiger partial charge in [0.15, 0.2) is 0 Å². The van der Waals surface area contributed by atoms with Crippen LogP contribution in [0.15, 0.2) is 36.4 Å². The first-order valence-electron chi connectivity index (χ1n) is 11.1. The van der Waals surface area contributed by atoms with E-state index in [0.29, 0.717) is 30.9 Å². The van der Waals surface area contributed by atoms with Crippen molar-refractivity contribution in [3.63, 3.8) is 0 Å². The van der Waals surface area contributed by atoms with E-state index in [1.807, 2.05) is 6.92 Å². The predicted molar refractivity (Wildman–Crippen MR) is 118 cm³/mol.